The predicted octanol–water partition coefficient (Wildman–Crippen LogP) is 3.29. The molecule has 1 rings (SSSR count). The number of benzene rings is 1. The molecule has 0 bridgehead atoms. The highest BCUT2D eigenvalue weighted by Crippen LogP contribution is 2.27. The number of carbonyl (C=O) groups is 1. The molecule has 0 aliphatic rings. The van der Waals surface area contributed by atoms with Crippen LogP contribution in [0.4, 0.5) is 0 Å². The quantitative estimate of drug-likeness (QED) is 0.587. The number of carbonyl (C=O) groups excluding carboxylic acids is 1. The highest BCUT2D eigenvalue weighted by Gasteiger charge is 2.06. The number of hydrogen-bond donors (Lipinski definition) is 0. The van der Waals surface area contributed by atoms with Crippen LogP contribution in [0.25, 0.3) is 0 Å². The molecule has 0 aliphatic carbocycles. The van der Waals surface area contributed by atoms with Crippen molar-refractivity contribution in [3.8, 4) is 0 Å². The molecule has 0 N–H and O–H groups in total. The summed E-state index contributed by atoms with van der Waals surface area (Å²) < 4.78 is 0.988. The Balaban J connectivity index is 3.35. The van der Waals surface area contributed by atoms with E-state index in [4.69, 9.17) is 0 Å². The van der Waals surface area contributed by atoms with Crippen molar-refractivity contribution in [2.75, 3.05) is 6.26 Å². The minimum Gasteiger partial charge on any atom is -0.298 e. The topological polar surface area (TPSA) is 17.1 Å². The van der Waals surface area contributed by atoms with Gasteiger partial charge in [-0.25, -0.2) is 0 Å². The molecule has 3 heteroatoms. The van der Waals surface area contributed by atoms with Crippen LogP contribution in [0.15, 0.2) is 21.5 Å². The van der Waals surface area contributed by atoms with E-state index in [0.717, 1.165) is 26.8 Å². The predicted molar refractivity (Wildman–Crippen MR) is 56.0 cm³/mol. The Morgan fingerprint density at radius 1 is 1.50 bits per heavy atom. The van der Waals surface area contributed by atoms with Crippen LogP contribution in [0.2, 0.25) is 0 Å². The Hall–Kier alpha value is -0.280. The fourth-order valence-electron chi connectivity index (χ4n) is 1.00. The molecule has 0 atom stereocenters. The van der Waals surface area contributed by atoms with E-state index in [1.54, 1.807) is 11.8 Å². The summed E-state index contributed by atoms with van der Waals surface area (Å²) in [6.45, 7) is 1.94. The van der Waals surface area contributed by atoms with Gasteiger partial charge in [0.1, 0.15) is 0 Å². The molecule has 1 aromatic rings. The van der Waals surface area contributed by atoms with Crippen LogP contribution in [-0.2, 0) is 0 Å². The first kappa shape index (κ1) is 9.81. The van der Waals surface area contributed by atoms with E-state index < -0.39 is 0 Å². The number of hydrogen-bond acceptors (Lipinski definition) is 2. The molecule has 1 nitrogen and oxygen atoms in total. The standard InChI is InChI=1S/C9H9BrOS/c1-6-7(5-11)9(12-2)4-3-8(6)10/h3-5H,1-2H3. The van der Waals surface area contributed by atoms with E-state index in [-0.39, 0.29) is 0 Å². The van der Waals surface area contributed by atoms with E-state index in [1.165, 1.54) is 0 Å². The summed E-state index contributed by atoms with van der Waals surface area (Å²) in [7, 11) is 0. The van der Waals surface area contributed by atoms with Crippen LogP contribution in [0.5, 0.6) is 0 Å². The molecule has 0 fully saturated rings. The maximum Gasteiger partial charge on any atom is 0.151 e. The number of rotatable bonds is 2. The second-order valence-electron chi connectivity index (χ2n) is 2.41. The van der Waals surface area contributed by atoms with Gasteiger partial charge in [-0.05, 0) is 30.9 Å². The molecular formula is C9H9BrOS. The zero-order valence-electron chi connectivity index (χ0n) is 6.93. The van der Waals surface area contributed by atoms with Gasteiger partial charge >= 0.3 is 0 Å². The molecule has 0 spiro atoms. The molecule has 0 aliphatic heterocycles. The lowest BCUT2D eigenvalue weighted by atomic mass is 10.1. The van der Waals surface area contributed by atoms with Crippen molar-refractivity contribution in [3.05, 3.63) is 27.7 Å². The molecule has 0 saturated carbocycles. The maximum absolute atomic E-state index is 10.7. The second kappa shape index (κ2) is 4.10. The Labute approximate surface area is 84.7 Å². The van der Waals surface area contributed by atoms with Crippen LogP contribution in [0.3, 0.4) is 0 Å². The van der Waals surface area contributed by atoms with E-state index in [2.05, 4.69) is 15.9 Å². The van der Waals surface area contributed by atoms with Crippen molar-refractivity contribution in [2.24, 2.45) is 0 Å². The van der Waals surface area contributed by atoms with E-state index >= 15 is 0 Å². The lowest BCUT2D eigenvalue weighted by Crippen LogP contribution is -1.90. The largest absolute Gasteiger partial charge is 0.298 e. The van der Waals surface area contributed by atoms with Gasteiger partial charge in [0.15, 0.2) is 6.29 Å². The Bertz CT molecular complexity index is 310. The first-order valence-electron chi connectivity index (χ1n) is 3.49. The zero-order chi connectivity index (χ0) is 9.14. The maximum atomic E-state index is 10.7. The minimum absolute atomic E-state index is 0.789. The van der Waals surface area contributed by atoms with E-state index in [9.17, 15) is 4.79 Å². The lowest BCUT2D eigenvalue weighted by molar-refractivity contribution is 0.112. The summed E-state index contributed by atoms with van der Waals surface area (Å²) in [5.74, 6) is 0. The molecule has 0 unspecified atom stereocenters. The monoisotopic (exact) mass is 244 g/mol. The van der Waals surface area contributed by atoms with Crippen LogP contribution >= 0.6 is 27.7 Å². The minimum atomic E-state index is 0.789. The average molecular weight is 245 g/mol. The molecule has 0 aromatic heterocycles. The Kier molecular flexibility index (Phi) is 3.35. The molecule has 0 amide bonds. The van der Waals surface area contributed by atoms with Gasteiger partial charge in [-0.3, -0.25) is 4.79 Å². The summed E-state index contributed by atoms with van der Waals surface area (Å²) >= 11 is 4.97. The van der Waals surface area contributed by atoms with Gasteiger partial charge in [0.05, 0.1) is 0 Å². The third-order valence-corrected chi connectivity index (χ3v) is 3.40. The zero-order valence-corrected chi connectivity index (χ0v) is 9.33. The smallest absolute Gasteiger partial charge is 0.151 e. The van der Waals surface area contributed by atoms with Crippen LogP contribution in [-0.4, -0.2) is 12.5 Å². The van der Waals surface area contributed by atoms with Crippen LogP contribution < -0.4 is 0 Å². The summed E-state index contributed by atoms with van der Waals surface area (Å²) in [5.41, 5.74) is 1.80. The van der Waals surface area contributed by atoms with Gasteiger partial charge < -0.3 is 0 Å². The molecule has 0 saturated heterocycles. The third kappa shape index (κ3) is 1.72. The number of thioether (sulfide) groups is 1. The first-order valence-corrected chi connectivity index (χ1v) is 5.50. The normalized spacial score (nSPS) is 9.92. The van der Waals surface area contributed by atoms with Crippen molar-refractivity contribution in [1.82, 2.24) is 0 Å². The van der Waals surface area contributed by atoms with Gasteiger partial charge in [-0.2, -0.15) is 0 Å². The summed E-state index contributed by atoms with van der Waals surface area (Å²) in [6.07, 6.45) is 2.88. The molecule has 0 heterocycles. The highest BCUT2D eigenvalue weighted by molar-refractivity contribution is 9.10. The second-order valence-corrected chi connectivity index (χ2v) is 4.11. The molecule has 0 radical (unpaired) electrons. The third-order valence-electron chi connectivity index (χ3n) is 1.75. The van der Waals surface area contributed by atoms with Gasteiger partial charge in [-0.15, -0.1) is 11.8 Å². The van der Waals surface area contributed by atoms with Crippen LogP contribution in [0.1, 0.15) is 15.9 Å². The molecule has 1 aromatic carbocycles. The fourth-order valence-corrected chi connectivity index (χ4v) is 1.97. The van der Waals surface area contributed by atoms with Gasteiger partial charge in [-0.1, -0.05) is 15.9 Å². The Morgan fingerprint density at radius 2 is 2.17 bits per heavy atom. The van der Waals surface area contributed by atoms with Crippen molar-refractivity contribution in [1.29, 1.82) is 0 Å². The highest BCUT2D eigenvalue weighted by atomic mass is 79.9. The van der Waals surface area contributed by atoms with Gasteiger partial charge in [0.25, 0.3) is 0 Å². The number of halogens is 1. The van der Waals surface area contributed by atoms with Crippen molar-refractivity contribution < 1.29 is 4.79 Å². The van der Waals surface area contributed by atoms with E-state index in [0.29, 0.717) is 0 Å². The van der Waals surface area contributed by atoms with Gasteiger partial charge in [0.2, 0.25) is 0 Å². The molecular weight excluding hydrogens is 236 g/mol. The SMILES string of the molecule is CSc1ccc(Br)c(C)c1C=O. The summed E-state index contributed by atoms with van der Waals surface area (Å²) in [4.78, 5) is 11.8. The van der Waals surface area contributed by atoms with Crippen molar-refractivity contribution >= 4 is 34.0 Å². The average Bonchev–Trinajstić information content (AvgIpc) is 2.09. The van der Waals surface area contributed by atoms with Crippen LogP contribution in [0, 0.1) is 6.92 Å². The van der Waals surface area contributed by atoms with E-state index in [1.807, 2.05) is 25.3 Å². The number of aldehydes is 1. The summed E-state index contributed by atoms with van der Waals surface area (Å²) in [5, 5.41) is 0. The molecule has 12 heavy (non-hydrogen) atoms. The fraction of sp³-hybridized carbons (Fsp3) is 0.222. The van der Waals surface area contributed by atoms with Gasteiger partial charge in [0, 0.05) is 14.9 Å². The Morgan fingerprint density at radius 3 is 2.67 bits per heavy atom. The van der Waals surface area contributed by atoms with Crippen molar-refractivity contribution in [3.63, 3.8) is 0 Å². The van der Waals surface area contributed by atoms with Crippen molar-refractivity contribution in [2.45, 2.75) is 11.8 Å². The first-order chi connectivity index (χ1) is 5.70. The lowest BCUT2D eigenvalue weighted by Gasteiger charge is -2.05. The summed E-state index contributed by atoms with van der Waals surface area (Å²) in [6, 6.07) is 3.92. The molecule has 64 valence electrons.